The molecule has 21 heavy (non-hydrogen) atoms. The Hall–Kier alpha value is -1.49. The van der Waals surface area contributed by atoms with Crippen molar-refractivity contribution in [3.63, 3.8) is 0 Å². The molecule has 0 spiro atoms. The average molecular weight is 286 g/mol. The van der Waals surface area contributed by atoms with E-state index in [1.54, 1.807) is 0 Å². The minimum absolute atomic E-state index is 0.129. The smallest absolute Gasteiger partial charge is 0.0705 e. The second-order valence-corrected chi connectivity index (χ2v) is 5.88. The molecule has 0 unspecified atom stereocenters. The number of benzene rings is 1. The summed E-state index contributed by atoms with van der Waals surface area (Å²) in [6.07, 6.45) is 1.85. The van der Waals surface area contributed by atoms with E-state index in [2.05, 4.69) is 23.1 Å². The Morgan fingerprint density at radius 1 is 1.10 bits per heavy atom. The predicted octanol–water partition coefficient (Wildman–Crippen LogP) is 1.80. The van der Waals surface area contributed by atoms with Crippen LogP contribution in [0.15, 0.2) is 36.4 Å². The van der Waals surface area contributed by atoms with E-state index < -0.39 is 0 Å². The van der Waals surface area contributed by atoms with E-state index >= 15 is 0 Å². The molecule has 4 nitrogen and oxygen atoms in total. The number of para-hydroxylation sites is 1. The number of pyridine rings is 1. The molecule has 1 aromatic heterocycles. The van der Waals surface area contributed by atoms with Crippen LogP contribution >= 0.6 is 0 Å². The number of aliphatic hydroxyl groups excluding tert-OH is 2. The lowest BCUT2D eigenvalue weighted by Crippen LogP contribution is -2.44. The van der Waals surface area contributed by atoms with Gasteiger partial charge in [-0.1, -0.05) is 24.3 Å². The molecule has 2 heterocycles. The zero-order chi connectivity index (χ0) is 14.7. The van der Waals surface area contributed by atoms with Gasteiger partial charge in [-0.3, -0.25) is 9.88 Å². The SMILES string of the molecule is OC[C@@H]1CCN(Cc2ccc3ccccc3n2)[C@H](CO)C1. The molecule has 0 amide bonds. The normalized spacial score (nSPS) is 23.5. The highest BCUT2D eigenvalue weighted by atomic mass is 16.3. The molecule has 1 saturated heterocycles. The highest BCUT2D eigenvalue weighted by molar-refractivity contribution is 5.78. The first-order chi connectivity index (χ1) is 10.3. The van der Waals surface area contributed by atoms with Crippen LogP contribution in [0.3, 0.4) is 0 Å². The van der Waals surface area contributed by atoms with Crippen molar-refractivity contribution in [1.29, 1.82) is 0 Å². The molecule has 1 fully saturated rings. The average Bonchev–Trinajstić information content (AvgIpc) is 2.55. The summed E-state index contributed by atoms with van der Waals surface area (Å²) in [5, 5.41) is 20.0. The van der Waals surface area contributed by atoms with Crippen molar-refractivity contribution >= 4 is 10.9 Å². The number of fused-ring (bicyclic) bond motifs is 1. The molecule has 0 bridgehead atoms. The van der Waals surface area contributed by atoms with Crippen molar-refractivity contribution in [2.75, 3.05) is 19.8 Å². The van der Waals surface area contributed by atoms with E-state index in [9.17, 15) is 10.2 Å². The van der Waals surface area contributed by atoms with Gasteiger partial charge in [-0.25, -0.2) is 0 Å². The van der Waals surface area contributed by atoms with Gasteiger partial charge < -0.3 is 10.2 Å². The van der Waals surface area contributed by atoms with E-state index in [0.717, 1.165) is 42.5 Å². The Morgan fingerprint density at radius 3 is 2.76 bits per heavy atom. The number of piperidine rings is 1. The number of likely N-dealkylation sites (tertiary alicyclic amines) is 1. The quantitative estimate of drug-likeness (QED) is 0.900. The van der Waals surface area contributed by atoms with Gasteiger partial charge in [0.2, 0.25) is 0 Å². The summed E-state index contributed by atoms with van der Waals surface area (Å²) in [5.41, 5.74) is 2.05. The second-order valence-electron chi connectivity index (χ2n) is 5.88. The van der Waals surface area contributed by atoms with Crippen molar-refractivity contribution in [3.8, 4) is 0 Å². The van der Waals surface area contributed by atoms with Crippen molar-refractivity contribution in [3.05, 3.63) is 42.1 Å². The lowest BCUT2D eigenvalue weighted by molar-refractivity contribution is 0.0409. The lowest BCUT2D eigenvalue weighted by atomic mass is 9.91. The Balaban J connectivity index is 1.74. The van der Waals surface area contributed by atoms with E-state index in [4.69, 9.17) is 4.98 Å². The van der Waals surface area contributed by atoms with E-state index in [0.29, 0.717) is 5.92 Å². The Labute approximate surface area is 125 Å². The summed E-state index contributed by atoms with van der Waals surface area (Å²) in [7, 11) is 0. The molecule has 2 aromatic rings. The Kier molecular flexibility index (Phi) is 4.48. The number of hydrogen-bond donors (Lipinski definition) is 2. The molecule has 3 rings (SSSR count). The first-order valence-electron chi connectivity index (χ1n) is 7.60. The summed E-state index contributed by atoms with van der Waals surface area (Å²) in [6, 6.07) is 12.4. The third-order valence-electron chi connectivity index (χ3n) is 4.44. The monoisotopic (exact) mass is 286 g/mol. The van der Waals surface area contributed by atoms with Crippen LogP contribution in [0, 0.1) is 5.92 Å². The molecule has 4 heteroatoms. The van der Waals surface area contributed by atoms with E-state index in [1.165, 1.54) is 0 Å². The van der Waals surface area contributed by atoms with Crippen LogP contribution in [-0.2, 0) is 6.54 Å². The maximum Gasteiger partial charge on any atom is 0.0705 e. The molecule has 2 atom stereocenters. The van der Waals surface area contributed by atoms with Gasteiger partial charge in [0.15, 0.2) is 0 Å². The van der Waals surface area contributed by atoms with Crippen molar-refractivity contribution < 1.29 is 10.2 Å². The highest BCUT2D eigenvalue weighted by Gasteiger charge is 2.27. The summed E-state index contributed by atoms with van der Waals surface area (Å²) < 4.78 is 0. The van der Waals surface area contributed by atoms with Crippen LogP contribution in [0.2, 0.25) is 0 Å². The van der Waals surface area contributed by atoms with E-state index in [-0.39, 0.29) is 19.3 Å². The topological polar surface area (TPSA) is 56.6 Å². The van der Waals surface area contributed by atoms with Crippen molar-refractivity contribution in [1.82, 2.24) is 9.88 Å². The van der Waals surface area contributed by atoms with Gasteiger partial charge in [-0.05, 0) is 37.4 Å². The molecule has 0 aliphatic carbocycles. The molecule has 0 saturated carbocycles. The zero-order valence-corrected chi connectivity index (χ0v) is 12.2. The number of aliphatic hydroxyl groups is 2. The number of aromatic nitrogens is 1. The van der Waals surface area contributed by atoms with Gasteiger partial charge >= 0.3 is 0 Å². The second kappa shape index (κ2) is 6.52. The fourth-order valence-electron chi connectivity index (χ4n) is 3.15. The first-order valence-corrected chi connectivity index (χ1v) is 7.60. The zero-order valence-electron chi connectivity index (χ0n) is 12.2. The van der Waals surface area contributed by atoms with Crippen LogP contribution in [0.4, 0.5) is 0 Å². The number of nitrogens with zero attached hydrogens (tertiary/aromatic N) is 2. The fraction of sp³-hybridized carbons (Fsp3) is 0.471. The molecule has 2 N–H and O–H groups in total. The molecular formula is C17H22N2O2. The molecular weight excluding hydrogens is 264 g/mol. The van der Waals surface area contributed by atoms with Gasteiger partial charge in [0.25, 0.3) is 0 Å². The minimum atomic E-state index is 0.129. The van der Waals surface area contributed by atoms with Crippen LogP contribution < -0.4 is 0 Å². The molecule has 112 valence electrons. The molecule has 1 aromatic carbocycles. The first kappa shape index (κ1) is 14.4. The molecule has 0 radical (unpaired) electrons. The maximum absolute atomic E-state index is 9.58. The molecule has 1 aliphatic rings. The minimum Gasteiger partial charge on any atom is -0.396 e. The third-order valence-corrected chi connectivity index (χ3v) is 4.44. The highest BCUT2D eigenvalue weighted by Crippen LogP contribution is 2.24. The van der Waals surface area contributed by atoms with Gasteiger partial charge in [-0.15, -0.1) is 0 Å². The van der Waals surface area contributed by atoms with Gasteiger partial charge in [0.05, 0.1) is 17.8 Å². The fourth-order valence-corrected chi connectivity index (χ4v) is 3.15. The van der Waals surface area contributed by atoms with Crippen LogP contribution in [-0.4, -0.2) is 45.9 Å². The summed E-state index contributed by atoms with van der Waals surface area (Å²) >= 11 is 0. The lowest BCUT2D eigenvalue weighted by Gasteiger charge is -2.37. The van der Waals surface area contributed by atoms with Crippen LogP contribution in [0.1, 0.15) is 18.5 Å². The summed E-state index contributed by atoms with van der Waals surface area (Å²) in [4.78, 5) is 6.99. The van der Waals surface area contributed by atoms with E-state index in [1.807, 2.05) is 18.2 Å². The van der Waals surface area contributed by atoms with Crippen molar-refractivity contribution in [2.45, 2.75) is 25.4 Å². The predicted molar refractivity (Wildman–Crippen MR) is 82.8 cm³/mol. The molecule has 1 aliphatic heterocycles. The Bertz CT molecular complexity index is 602. The number of rotatable bonds is 4. The largest absolute Gasteiger partial charge is 0.396 e. The summed E-state index contributed by atoms with van der Waals surface area (Å²) in [5.74, 6) is 0.322. The standard InChI is InChI=1S/C17H22N2O2/c20-11-13-7-8-19(16(9-13)12-21)10-15-6-5-14-3-1-2-4-17(14)18-15/h1-6,13,16,20-21H,7-12H2/t13-,16+/m1/s1. The summed E-state index contributed by atoms with van der Waals surface area (Å²) in [6.45, 7) is 2.03. The third kappa shape index (κ3) is 3.23. The van der Waals surface area contributed by atoms with Crippen LogP contribution in [0.5, 0.6) is 0 Å². The van der Waals surface area contributed by atoms with Gasteiger partial charge in [0.1, 0.15) is 0 Å². The number of hydrogen-bond acceptors (Lipinski definition) is 4. The van der Waals surface area contributed by atoms with Crippen LogP contribution in [0.25, 0.3) is 10.9 Å². The van der Waals surface area contributed by atoms with Gasteiger partial charge in [-0.2, -0.15) is 0 Å². The van der Waals surface area contributed by atoms with Crippen molar-refractivity contribution in [2.24, 2.45) is 5.92 Å². The van der Waals surface area contributed by atoms with Gasteiger partial charge in [0, 0.05) is 24.6 Å². The Morgan fingerprint density at radius 2 is 1.95 bits per heavy atom. The maximum atomic E-state index is 9.58.